The maximum absolute atomic E-state index is 12.0. The molecule has 0 saturated carbocycles. The molecule has 1 aromatic heterocycles. The Balaban J connectivity index is 2.10. The number of amides is 1. The monoisotopic (exact) mass is 276 g/mol. The van der Waals surface area contributed by atoms with E-state index in [1.54, 1.807) is 0 Å². The molecule has 1 amide bonds. The number of carbonyl (C=O) groups is 2. The quantitative estimate of drug-likeness (QED) is 0.861. The Bertz CT molecular complexity index is 450. The zero-order valence-corrected chi connectivity index (χ0v) is 10.2. The first-order chi connectivity index (χ1) is 8.09. The Kier molecular flexibility index (Phi) is 3.60. The Hall–Kier alpha value is -1.18. The van der Waals surface area contributed by atoms with E-state index in [-0.39, 0.29) is 24.2 Å². The van der Waals surface area contributed by atoms with Crippen LogP contribution >= 0.6 is 22.9 Å². The Labute approximate surface area is 106 Å². The van der Waals surface area contributed by atoms with Crippen LogP contribution in [0.5, 0.6) is 0 Å². The molecule has 1 aromatic rings. The highest BCUT2D eigenvalue weighted by Crippen LogP contribution is 2.21. The summed E-state index contributed by atoms with van der Waals surface area (Å²) in [6.45, 7) is 0.596. The molecule has 1 aliphatic heterocycles. The average Bonchev–Trinajstić information content (AvgIpc) is 2.74. The van der Waals surface area contributed by atoms with E-state index in [0.717, 1.165) is 11.3 Å². The molecular formula is C9H9ClN2O4S. The van der Waals surface area contributed by atoms with Gasteiger partial charge in [-0.2, -0.15) is 0 Å². The van der Waals surface area contributed by atoms with E-state index >= 15 is 0 Å². The van der Waals surface area contributed by atoms with Crippen molar-refractivity contribution in [2.24, 2.45) is 0 Å². The van der Waals surface area contributed by atoms with Crippen LogP contribution in [0.25, 0.3) is 0 Å². The van der Waals surface area contributed by atoms with Crippen molar-refractivity contribution in [3.8, 4) is 0 Å². The summed E-state index contributed by atoms with van der Waals surface area (Å²) in [6, 6.07) is 0. The standard InChI is InChI=1S/C9H9ClN2O4S/c10-7-6(17-4-11-7)8(13)12-1-2-16-5(3-12)9(14)15/h4-5H,1-3H2,(H,14,15)/t5-/m1/s1. The molecule has 1 aliphatic rings. The fourth-order valence-electron chi connectivity index (χ4n) is 1.50. The number of nitrogens with zero attached hydrogens (tertiary/aromatic N) is 2. The molecule has 0 bridgehead atoms. The highest BCUT2D eigenvalue weighted by atomic mass is 35.5. The summed E-state index contributed by atoms with van der Waals surface area (Å²) in [4.78, 5) is 28.3. The van der Waals surface area contributed by atoms with Crippen molar-refractivity contribution in [3.63, 3.8) is 0 Å². The summed E-state index contributed by atoms with van der Waals surface area (Å²) < 4.78 is 5.03. The Morgan fingerprint density at radius 1 is 1.65 bits per heavy atom. The number of aromatic nitrogens is 1. The fraction of sp³-hybridized carbons (Fsp3) is 0.444. The zero-order valence-electron chi connectivity index (χ0n) is 8.63. The maximum Gasteiger partial charge on any atom is 0.334 e. The number of morpholine rings is 1. The lowest BCUT2D eigenvalue weighted by Gasteiger charge is -2.30. The van der Waals surface area contributed by atoms with Crippen LogP contribution in [0.4, 0.5) is 0 Å². The van der Waals surface area contributed by atoms with Crippen LogP contribution in [-0.2, 0) is 9.53 Å². The van der Waals surface area contributed by atoms with E-state index in [2.05, 4.69) is 4.98 Å². The van der Waals surface area contributed by atoms with Gasteiger partial charge in [-0.3, -0.25) is 4.79 Å². The van der Waals surface area contributed by atoms with Gasteiger partial charge in [0, 0.05) is 6.54 Å². The number of ether oxygens (including phenoxy) is 1. The molecular weight excluding hydrogens is 268 g/mol. The molecule has 6 nitrogen and oxygen atoms in total. The molecule has 0 aliphatic carbocycles. The molecule has 1 saturated heterocycles. The van der Waals surface area contributed by atoms with Crippen molar-refractivity contribution < 1.29 is 19.4 Å². The van der Waals surface area contributed by atoms with Gasteiger partial charge in [0.15, 0.2) is 11.3 Å². The van der Waals surface area contributed by atoms with Crippen molar-refractivity contribution in [1.29, 1.82) is 0 Å². The second-order valence-electron chi connectivity index (χ2n) is 3.42. The van der Waals surface area contributed by atoms with Crippen LogP contribution in [0.1, 0.15) is 9.67 Å². The molecule has 0 unspecified atom stereocenters. The lowest BCUT2D eigenvalue weighted by molar-refractivity contribution is -0.154. The van der Waals surface area contributed by atoms with E-state index in [4.69, 9.17) is 21.4 Å². The summed E-state index contributed by atoms with van der Waals surface area (Å²) >= 11 is 6.90. The zero-order chi connectivity index (χ0) is 12.4. The summed E-state index contributed by atoms with van der Waals surface area (Å²) in [5.74, 6) is -1.37. The number of hydrogen-bond acceptors (Lipinski definition) is 5. The lowest BCUT2D eigenvalue weighted by Crippen LogP contribution is -2.48. The molecule has 17 heavy (non-hydrogen) atoms. The van der Waals surface area contributed by atoms with Gasteiger partial charge in [-0.25, -0.2) is 9.78 Å². The fourth-order valence-corrected chi connectivity index (χ4v) is 2.46. The first-order valence-corrected chi connectivity index (χ1v) is 6.08. The predicted octanol–water partition coefficient (Wildman–Crippen LogP) is 0.722. The van der Waals surface area contributed by atoms with Crippen molar-refractivity contribution in [2.45, 2.75) is 6.10 Å². The largest absolute Gasteiger partial charge is 0.479 e. The number of thiazole rings is 1. The maximum atomic E-state index is 12.0. The molecule has 92 valence electrons. The molecule has 0 aromatic carbocycles. The Morgan fingerprint density at radius 3 is 3.00 bits per heavy atom. The van der Waals surface area contributed by atoms with Crippen LogP contribution < -0.4 is 0 Å². The van der Waals surface area contributed by atoms with Gasteiger partial charge in [0.1, 0.15) is 4.88 Å². The molecule has 2 rings (SSSR count). The molecule has 8 heteroatoms. The van der Waals surface area contributed by atoms with Gasteiger partial charge in [0.25, 0.3) is 5.91 Å². The van der Waals surface area contributed by atoms with Crippen LogP contribution in [0, 0.1) is 0 Å². The van der Waals surface area contributed by atoms with Gasteiger partial charge in [-0.05, 0) is 0 Å². The minimum absolute atomic E-state index is 0.0302. The molecule has 0 spiro atoms. The number of carboxylic acid groups (broad SMARTS) is 1. The van der Waals surface area contributed by atoms with Crippen molar-refractivity contribution in [2.75, 3.05) is 19.7 Å². The topological polar surface area (TPSA) is 79.7 Å². The third kappa shape index (κ3) is 2.56. The van der Waals surface area contributed by atoms with E-state index in [9.17, 15) is 9.59 Å². The third-order valence-electron chi connectivity index (χ3n) is 2.35. The van der Waals surface area contributed by atoms with Gasteiger partial charge < -0.3 is 14.7 Å². The first-order valence-electron chi connectivity index (χ1n) is 4.82. The first kappa shape index (κ1) is 12.3. The summed E-state index contributed by atoms with van der Waals surface area (Å²) in [5.41, 5.74) is 1.48. The summed E-state index contributed by atoms with van der Waals surface area (Å²) in [5, 5.41) is 8.98. The van der Waals surface area contributed by atoms with E-state index < -0.39 is 12.1 Å². The minimum atomic E-state index is -1.07. The normalized spacial score (nSPS) is 20.3. The minimum Gasteiger partial charge on any atom is -0.479 e. The van der Waals surface area contributed by atoms with Gasteiger partial charge >= 0.3 is 5.97 Å². The Morgan fingerprint density at radius 2 is 2.41 bits per heavy atom. The van der Waals surface area contributed by atoms with Gasteiger partial charge in [-0.15, -0.1) is 11.3 Å². The summed E-state index contributed by atoms with van der Waals surface area (Å²) in [6.07, 6.45) is -0.973. The van der Waals surface area contributed by atoms with Crippen LogP contribution in [0.15, 0.2) is 5.51 Å². The van der Waals surface area contributed by atoms with Crippen molar-refractivity contribution in [3.05, 3.63) is 15.5 Å². The number of carboxylic acids is 1. The smallest absolute Gasteiger partial charge is 0.334 e. The molecule has 0 radical (unpaired) electrons. The van der Waals surface area contributed by atoms with Crippen LogP contribution in [-0.4, -0.2) is 52.7 Å². The number of halogens is 1. The molecule has 1 fully saturated rings. The summed E-state index contributed by atoms with van der Waals surface area (Å²) in [7, 11) is 0. The van der Waals surface area contributed by atoms with Crippen LogP contribution in [0.2, 0.25) is 5.15 Å². The molecule has 2 heterocycles. The van der Waals surface area contributed by atoms with Gasteiger partial charge in [0.2, 0.25) is 0 Å². The van der Waals surface area contributed by atoms with Gasteiger partial charge in [0.05, 0.1) is 18.7 Å². The van der Waals surface area contributed by atoms with Crippen molar-refractivity contribution in [1.82, 2.24) is 9.88 Å². The number of rotatable bonds is 2. The number of hydrogen-bond donors (Lipinski definition) is 1. The van der Waals surface area contributed by atoms with Crippen molar-refractivity contribution >= 4 is 34.8 Å². The van der Waals surface area contributed by atoms with E-state index in [1.807, 2.05) is 0 Å². The highest BCUT2D eigenvalue weighted by molar-refractivity contribution is 7.12. The lowest BCUT2D eigenvalue weighted by atomic mass is 10.2. The second kappa shape index (κ2) is 4.99. The second-order valence-corrected chi connectivity index (χ2v) is 4.63. The number of carbonyl (C=O) groups excluding carboxylic acids is 1. The SMILES string of the molecule is O=C(O)[C@H]1CN(C(=O)c2scnc2Cl)CCO1. The average molecular weight is 277 g/mol. The predicted molar refractivity (Wildman–Crippen MR) is 60.4 cm³/mol. The molecule has 1 N–H and O–H groups in total. The van der Waals surface area contributed by atoms with E-state index in [0.29, 0.717) is 11.4 Å². The third-order valence-corrected chi connectivity index (χ3v) is 3.56. The van der Waals surface area contributed by atoms with E-state index in [1.165, 1.54) is 10.4 Å². The highest BCUT2D eigenvalue weighted by Gasteiger charge is 2.30. The molecule has 1 atom stereocenters. The van der Waals surface area contributed by atoms with Crippen LogP contribution in [0.3, 0.4) is 0 Å². The van der Waals surface area contributed by atoms with Gasteiger partial charge in [-0.1, -0.05) is 11.6 Å². The number of aliphatic carboxylic acids is 1.